The molecule has 1 aliphatic carbocycles. The van der Waals surface area contributed by atoms with E-state index < -0.39 is 34.6 Å². The van der Waals surface area contributed by atoms with Crippen LogP contribution in [0.15, 0.2) is 34.3 Å². The molecule has 2 N–H and O–H groups in total. The minimum atomic E-state index is -4.69. The second-order valence-electron chi connectivity index (χ2n) is 5.62. The average Bonchev–Trinajstić information content (AvgIpc) is 2.46. The third-order valence-corrected chi connectivity index (χ3v) is 5.06. The number of sulfonamides is 1. The fourth-order valence-electron chi connectivity index (χ4n) is 2.24. The summed E-state index contributed by atoms with van der Waals surface area (Å²) in [6.45, 7) is 1.81. The van der Waals surface area contributed by atoms with E-state index in [0.717, 1.165) is 5.56 Å². The molecule has 0 spiro atoms. The third kappa shape index (κ3) is 4.03. The largest absolute Gasteiger partial charge is 0.417 e. The molecule has 128 valence electrons. The minimum absolute atomic E-state index is 0.0232. The maximum absolute atomic E-state index is 12.7. The van der Waals surface area contributed by atoms with E-state index in [-0.39, 0.29) is 23.4 Å². The topological polar surface area (TPSA) is 78.8 Å². The van der Waals surface area contributed by atoms with Crippen molar-refractivity contribution < 1.29 is 26.7 Å². The van der Waals surface area contributed by atoms with Crippen molar-refractivity contribution >= 4 is 15.7 Å². The molecule has 23 heavy (non-hydrogen) atoms. The Morgan fingerprint density at radius 1 is 1.17 bits per heavy atom. The zero-order valence-electron chi connectivity index (χ0n) is 12.4. The number of nitrogens with zero attached hydrogens (tertiary/aromatic N) is 1. The lowest BCUT2D eigenvalue weighted by atomic mass is 9.83. The van der Waals surface area contributed by atoms with Crippen molar-refractivity contribution in [2.24, 2.45) is 5.10 Å². The summed E-state index contributed by atoms with van der Waals surface area (Å²) in [5.74, 6) is 0. The lowest BCUT2D eigenvalue weighted by molar-refractivity contribution is -0.265. The van der Waals surface area contributed by atoms with Crippen LogP contribution in [0.4, 0.5) is 13.2 Å². The Morgan fingerprint density at radius 3 is 2.17 bits per heavy atom. The van der Waals surface area contributed by atoms with Crippen molar-refractivity contribution in [1.29, 1.82) is 0 Å². The summed E-state index contributed by atoms with van der Waals surface area (Å²) in [4.78, 5) is 2.05. The number of rotatable bonds is 3. The van der Waals surface area contributed by atoms with Crippen molar-refractivity contribution in [2.45, 2.75) is 49.3 Å². The number of aryl methyl sites for hydroxylation is 1. The van der Waals surface area contributed by atoms with Gasteiger partial charge in [-0.3, -0.25) is 0 Å². The smallest absolute Gasteiger partial charge is 0.380 e. The molecule has 5 nitrogen and oxygen atoms in total. The van der Waals surface area contributed by atoms with Crippen molar-refractivity contribution in [2.75, 3.05) is 0 Å². The summed E-state index contributed by atoms with van der Waals surface area (Å²) in [6, 6.07) is 6.10. The van der Waals surface area contributed by atoms with Crippen LogP contribution < -0.4 is 4.83 Å². The van der Waals surface area contributed by atoms with Crippen molar-refractivity contribution in [3.05, 3.63) is 29.8 Å². The molecule has 1 fully saturated rings. The normalized spacial score (nSPS) is 22.7. The molecule has 0 amide bonds. The van der Waals surface area contributed by atoms with E-state index in [9.17, 15) is 26.7 Å². The van der Waals surface area contributed by atoms with E-state index in [1.807, 2.05) is 11.8 Å². The fraction of sp³-hybridized carbons (Fsp3) is 0.500. The Labute approximate surface area is 132 Å². The molecule has 1 aromatic carbocycles. The van der Waals surface area contributed by atoms with E-state index in [2.05, 4.69) is 5.10 Å². The lowest BCUT2D eigenvalue weighted by Crippen LogP contribution is -2.48. The number of halogens is 3. The van der Waals surface area contributed by atoms with Gasteiger partial charge in [0.1, 0.15) is 0 Å². The van der Waals surface area contributed by atoms with Crippen molar-refractivity contribution in [3.8, 4) is 0 Å². The van der Waals surface area contributed by atoms with Gasteiger partial charge in [-0.25, -0.2) is 4.83 Å². The third-order valence-electron chi connectivity index (χ3n) is 3.84. The van der Waals surface area contributed by atoms with Crippen molar-refractivity contribution in [3.63, 3.8) is 0 Å². The Kier molecular flexibility index (Phi) is 4.72. The Balaban J connectivity index is 2.03. The highest BCUT2D eigenvalue weighted by atomic mass is 32.2. The Morgan fingerprint density at radius 2 is 1.70 bits per heavy atom. The summed E-state index contributed by atoms with van der Waals surface area (Å²) in [5, 5.41) is 13.2. The highest BCUT2D eigenvalue weighted by Gasteiger charge is 2.54. The van der Waals surface area contributed by atoms with E-state index in [0.29, 0.717) is 0 Å². The quantitative estimate of drug-likeness (QED) is 0.822. The average molecular weight is 350 g/mol. The van der Waals surface area contributed by atoms with Gasteiger partial charge in [0.05, 0.1) is 4.90 Å². The number of nitrogens with one attached hydrogen (secondary N) is 1. The van der Waals surface area contributed by atoms with Gasteiger partial charge in [0.25, 0.3) is 10.0 Å². The first-order valence-electron chi connectivity index (χ1n) is 6.96. The van der Waals surface area contributed by atoms with Crippen LogP contribution in [0.1, 0.15) is 31.2 Å². The molecule has 0 radical (unpaired) electrons. The van der Waals surface area contributed by atoms with Gasteiger partial charge in [0, 0.05) is 5.71 Å². The fourth-order valence-corrected chi connectivity index (χ4v) is 3.09. The van der Waals surface area contributed by atoms with Crippen LogP contribution in [0.25, 0.3) is 0 Å². The van der Waals surface area contributed by atoms with Crippen LogP contribution in [0.2, 0.25) is 0 Å². The molecule has 0 aromatic heterocycles. The second kappa shape index (κ2) is 6.12. The predicted molar refractivity (Wildman–Crippen MR) is 78.4 cm³/mol. The summed E-state index contributed by atoms with van der Waals surface area (Å²) in [5.41, 5.74) is -1.54. The van der Waals surface area contributed by atoms with Crippen LogP contribution in [0, 0.1) is 6.92 Å². The Hall–Kier alpha value is -1.61. The van der Waals surface area contributed by atoms with Gasteiger partial charge < -0.3 is 5.11 Å². The molecule has 0 saturated heterocycles. The van der Waals surface area contributed by atoms with Crippen LogP contribution in [-0.4, -0.2) is 31.0 Å². The summed E-state index contributed by atoms with van der Waals surface area (Å²) < 4.78 is 62.1. The second-order valence-corrected chi connectivity index (χ2v) is 7.28. The molecule has 1 aromatic rings. The van der Waals surface area contributed by atoms with Crippen LogP contribution >= 0.6 is 0 Å². The van der Waals surface area contributed by atoms with Crippen LogP contribution in [0.5, 0.6) is 0 Å². The van der Waals surface area contributed by atoms with Gasteiger partial charge in [-0.2, -0.15) is 26.7 Å². The van der Waals surface area contributed by atoms with Crippen LogP contribution in [-0.2, 0) is 10.0 Å². The SMILES string of the molecule is Cc1ccc(S(=O)(=O)NN=C2CCC(O)(C(F)(F)F)CC2)cc1. The van der Waals surface area contributed by atoms with Crippen LogP contribution in [0.3, 0.4) is 0 Å². The predicted octanol–water partition coefficient (Wildman–Crippen LogP) is 2.50. The van der Waals surface area contributed by atoms with Gasteiger partial charge in [0.2, 0.25) is 0 Å². The molecule has 0 aliphatic heterocycles. The van der Waals surface area contributed by atoms with Crippen molar-refractivity contribution in [1.82, 2.24) is 4.83 Å². The number of hydrazone groups is 1. The molecular formula is C14H17F3N2O3S. The summed E-state index contributed by atoms with van der Waals surface area (Å²) >= 11 is 0. The monoisotopic (exact) mass is 350 g/mol. The highest BCUT2D eigenvalue weighted by Crippen LogP contribution is 2.40. The Bertz CT molecular complexity index is 687. The zero-order chi connectivity index (χ0) is 17.3. The summed E-state index contributed by atoms with van der Waals surface area (Å²) in [7, 11) is -3.86. The summed E-state index contributed by atoms with van der Waals surface area (Å²) in [6.07, 6.45) is -5.98. The van der Waals surface area contributed by atoms with Gasteiger partial charge in [0.15, 0.2) is 5.60 Å². The number of hydrogen-bond acceptors (Lipinski definition) is 4. The molecular weight excluding hydrogens is 333 g/mol. The first kappa shape index (κ1) is 17.7. The number of alkyl halides is 3. The molecule has 9 heteroatoms. The van der Waals surface area contributed by atoms with Gasteiger partial charge in [-0.05, 0) is 44.7 Å². The minimum Gasteiger partial charge on any atom is -0.380 e. The standard InChI is InChI=1S/C14H17F3N2O3S/c1-10-2-4-12(5-3-10)23(21,22)19-18-11-6-8-13(20,9-7-11)14(15,16)17/h2-5,19-20H,6-9H2,1H3. The highest BCUT2D eigenvalue weighted by molar-refractivity contribution is 7.89. The molecule has 0 unspecified atom stereocenters. The molecule has 0 bridgehead atoms. The number of hydrogen-bond donors (Lipinski definition) is 2. The zero-order valence-corrected chi connectivity index (χ0v) is 13.2. The lowest BCUT2D eigenvalue weighted by Gasteiger charge is -2.34. The molecule has 0 atom stereocenters. The molecule has 0 heterocycles. The molecule has 1 saturated carbocycles. The van der Waals surface area contributed by atoms with Gasteiger partial charge in [-0.15, -0.1) is 0 Å². The molecule has 1 aliphatic rings. The number of aliphatic hydroxyl groups is 1. The van der Waals surface area contributed by atoms with Gasteiger partial charge >= 0.3 is 6.18 Å². The van der Waals surface area contributed by atoms with Gasteiger partial charge in [-0.1, -0.05) is 17.7 Å². The maximum atomic E-state index is 12.7. The van der Waals surface area contributed by atoms with E-state index >= 15 is 0 Å². The molecule has 2 rings (SSSR count). The first-order valence-corrected chi connectivity index (χ1v) is 8.45. The van der Waals surface area contributed by atoms with E-state index in [4.69, 9.17) is 0 Å². The van der Waals surface area contributed by atoms with E-state index in [1.165, 1.54) is 12.1 Å². The maximum Gasteiger partial charge on any atom is 0.417 e. The number of benzene rings is 1. The first-order chi connectivity index (χ1) is 10.5. The van der Waals surface area contributed by atoms with E-state index in [1.54, 1.807) is 12.1 Å².